The molecule has 100 valence electrons. The van der Waals surface area contributed by atoms with Crippen molar-refractivity contribution in [3.63, 3.8) is 0 Å². The van der Waals surface area contributed by atoms with Crippen molar-refractivity contribution in [2.24, 2.45) is 5.73 Å². The highest BCUT2D eigenvalue weighted by atomic mass is 19.1. The Labute approximate surface area is 109 Å². The zero-order valence-corrected chi connectivity index (χ0v) is 10.6. The second kappa shape index (κ2) is 4.79. The fraction of sp³-hybridized carbons (Fsp3) is 0.231. The van der Waals surface area contributed by atoms with Gasteiger partial charge in [-0.15, -0.1) is 0 Å². The average molecular weight is 264 g/mol. The summed E-state index contributed by atoms with van der Waals surface area (Å²) in [7, 11) is 0. The maximum absolute atomic E-state index is 13.9. The molecule has 0 fully saturated rings. The van der Waals surface area contributed by atoms with E-state index in [1.54, 1.807) is 6.07 Å². The summed E-state index contributed by atoms with van der Waals surface area (Å²) in [6.45, 7) is 3.89. The second-order valence-electron chi connectivity index (χ2n) is 4.54. The van der Waals surface area contributed by atoms with Crippen LogP contribution in [-0.2, 0) is 0 Å². The van der Waals surface area contributed by atoms with Crippen LogP contribution in [0.4, 0.5) is 8.78 Å². The van der Waals surface area contributed by atoms with Gasteiger partial charge in [0, 0.05) is 11.8 Å². The first-order valence-corrected chi connectivity index (χ1v) is 5.79. The summed E-state index contributed by atoms with van der Waals surface area (Å²) in [4.78, 5) is 0. The Kier molecular flexibility index (Phi) is 3.33. The summed E-state index contributed by atoms with van der Waals surface area (Å²) in [6.07, 6.45) is 1.50. The molecule has 0 spiro atoms. The van der Waals surface area contributed by atoms with Gasteiger partial charge < -0.3 is 5.73 Å². The van der Waals surface area contributed by atoms with Gasteiger partial charge in [0.15, 0.2) is 11.6 Å². The van der Waals surface area contributed by atoms with E-state index >= 15 is 0 Å². The van der Waals surface area contributed by atoms with E-state index in [-0.39, 0.29) is 23.0 Å². The smallest absolute Gasteiger partial charge is 0.152 e. The van der Waals surface area contributed by atoms with Crippen LogP contribution < -0.4 is 5.73 Å². The topological polar surface area (TPSA) is 67.7 Å². The minimum atomic E-state index is -0.802. The Morgan fingerprint density at radius 1 is 1.32 bits per heavy atom. The maximum Gasteiger partial charge on any atom is 0.152 e. The van der Waals surface area contributed by atoms with Gasteiger partial charge in [0.05, 0.1) is 5.69 Å². The molecule has 2 rings (SSSR count). The van der Waals surface area contributed by atoms with Gasteiger partial charge in [-0.1, -0.05) is 13.8 Å². The van der Waals surface area contributed by atoms with Crippen molar-refractivity contribution < 1.29 is 8.78 Å². The van der Waals surface area contributed by atoms with Crippen molar-refractivity contribution >= 4 is 5.84 Å². The first-order valence-electron chi connectivity index (χ1n) is 5.79. The van der Waals surface area contributed by atoms with Gasteiger partial charge >= 0.3 is 0 Å². The van der Waals surface area contributed by atoms with Crippen molar-refractivity contribution in [2.75, 3.05) is 0 Å². The molecule has 0 unspecified atom stereocenters. The third kappa shape index (κ3) is 2.47. The van der Waals surface area contributed by atoms with Crippen molar-refractivity contribution in [3.05, 3.63) is 47.3 Å². The fourth-order valence-electron chi connectivity index (χ4n) is 1.71. The van der Waals surface area contributed by atoms with Crippen LogP contribution in [0.15, 0.2) is 24.4 Å². The molecule has 0 saturated heterocycles. The maximum atomic E-state index is 13.9. The van der Waals surface area contributed by atoms with Crippen LogP contribution in [0.2, 0.25) is 0 Å². The number of nitrogens with one attached hydrogen (secondary N) is 1. The van der Waals surface area contributed by atoms with Gasteiger partial charge in [-0.25, -0.2) is 13.5 Å². The molecule has 1 aromatic carbocycles. The summed E-state index contributed by atoms with van der Waals surface area (Å²) in [5, 5.41) is 11.3. The lowest BCUT2D eigenvalue weighted by molar-refractivity contribution is 0.557. The summed E-state index contributed by atoms with van der Waals surface area (Å²) in [5.74, 6) is -1.82. The van der Waals surface area contributed by atoms with E-state index in [9.17, 15) is 8.78 Å². The molecular formula is C13H14F2N4. The monoisotopic (exact) mass is 264 g/mol. The molecule has 19 heavy (non-hydrogen) atoms. The largest absolute Gasteiger partial charge is 0.384 e. The molecule has 0 saturated carbocycles. The van der Waals surface area contributed by atoms with E-state index in [4.69, 9.17) is 11.1 Å². The fourth-order valence-corrected chi connectivity index (χ4v) is 1.71. The quantitative estimate of drug-likeness (QED) is 0.660. The van der Waals surface area contributed by atoms with E-state index in [1.807, 2.05) is 13.8 Å². The van der Waals surface area contributed by atoms with E-state index in [1.165, 1.54) is 6.20 Å². The predicted octanol–water partition coefficient (Wildman–Crippen LogP) is 2.56. The van der Waals surface area contributed by atoms with Crippen LogP contribution in [0.1, 0.15) is 31.0 Å². The summed E-state index contributed by atoms with van der Waals surface area (Å²) in [6, 6.07) is 3.76. The van der Waals surface area contributed by atoms with Gasteiger partial charge in [0.2, 0.25) is 0 Å². The molecule has 2 aromatic rings. The first kappa shape index (κ1) is 13.2. The van der Waals surface area contributed by atoms with Crippen LogP contribution in [0.5, 0.6) is 0 Å². The van der Waals surface area contributed by atoms with Crippen molar-refractivity contribution in [2.45, 2.75) is 19.8 Å². The van der Waals surface area contributed by atoms with E-state index in [0.29, 0.717) is 0 Å². The third-order valence-electron chi connectivity index (χ3n) is 2.76. The van der Waals surface area contributed by atoms with Gasteiger partial charge in [-0.3, -0.25) is 5.41 Å². The molecule has 0 atom stereocenters. The summed E-state index contributed by atoms with van der Waals surface area (Å²) >= 11 is 0. The highest BCUT2D eigenvalue weighted by molar-refractivity contribution is 5.95. The number of hydrogen-bond donors (Lipinski definition) is 2. The number of rotatable bonds is 3. The predicted molar refractivity (Wildman–Crippen MR) is 68.6 cm³/mol. The summed E-state index contributed by atoms with van der Waals surface area (Å²) < 4.78 is 29.0. The van der Waals surface area contributed by atoms with Gasteiger partial charge in [0.1, 0.15) is 11.5 Å². The Morgan fingerprint density at radius 2 is 1.89 bits per heavy atom. The normalized spacial score (nSPS) is 11.0. The molecule has 1 heterocycles. The molecule has 0 bridgehead atoms. The zero-order chi connectivity index (χ0) is 14.2. The molecular weight excluding hydrogens is 250 g/mol. The lowest BCUT2D eigenvalue weighted by Crippen LogP contribution is -2.13. The summed E-state index contributed by atoms with van der Waals surface area (Å²) in [5.41, 5.74) is 5.70. The van der Waals surface area contributed by atoms with Gasteiger partial charge in [-0.05, 0) is 24.1 Å². The SMILES string of the molecule is CC(C)c1ccn(-c2c(F)cc(C(=N)N)cc2F)n1. The number of halogens is 2. The van der Waals surface area contributed by atoms with Crippen molar-refractivity contribution in [3.8, 4) is 5.69 Å². The molecule has 0 aliphatic rings. The number of amidine groups is 1. The Balaban J connectivity index is 2.52. The third-order valence-corrected chi connectivity index (χ3v) is 2.76. The Morgan fingerprint density at radius 3 is 2.32 bits per heavy atom. The first-order chi connectivity index (χ1) is 8.90. The Hall–Kier alpha value is -2.24. The molecule has 0 amide bonds. The number of nitrogens with two attached hydrogens (primary N) is 1. The number of benzene rings is 1. The minimum Gasteiger partial charge on any atom is -0.384 e. The highest BCUT2D eigenvalue weighted by Gasteiger charge is 2.16. The van der Waals surface area contributed by atoms with E-state index in [0.717, 1.165) is 22.5 Å². The second-order valence-corrected chi connectivity index (χ2v) is 4.54. The Bertz CT molecular complexity index is 608. The van der Waals surface area contributed by atoms with Gasteiger partial charge in [0.25, 0.3) is 0 Å². The van der Waals surface area contributed by atoms with Crippen LogP contribution in [0, 0.1) is 17.0 Å². The molecule has 3 N–H and O–H groups in total. The minimum absolute atomic E-state index is 0.00925. The van der Waals surface area contributed by atoms with Crippen molar-refractivity contribution in [1.29, 1.82) is 5.41 Å². The zero-order valence-electron chi connectivity index (χ0n) is 10.6. The van der Waals surface area contributed by atoms with Gasteiger partial charge in [-0.2, -0.15) is 5.10 Å². The lowest BCUT2D eigenvalue weighted by atomic mass is 10.1. The van der Waals surface area contributed by atoms with Crippen LogP contribution in [0.25, 0.3) is 5.69 Å². The number of aromatic nitrogens is 2. The standard InChI is InChI=1S/C13H14F2N4/c1-7(2)11-3-4-19(18-11)12-9(14)5-8(13(16)17)6-10(12)15/h3-7H,1-2H3,(H3,16,17). The van der Waals surface area contributed by atoms with Crippen molar-refractivity contribution in [1.82, 2.24) is 9.78 Å². The number of nitrogens with zero attached hydrogens (tertiary/aromatic N) is 2. The molecule has 0 aliphatic carbocycles. The van der Waals surface area contributed by atoms with Crippen LogP contribution in [-0.4, -0.2) is 15.6 Å². The number of nitrogen functional groups attached to an aromatic ring is 1. The molecule has 0 aliphatic heterocycles. The molecule has 1 aromatic heterocycles. The molecule has 4 nitrogen and oxygen atoms in total. The van der Waals surface area contributed by atoms with Crippen LogP contribution in [0.3, 0.4) is 0 Å². The van der Waals surface area contributed by atoms with Crippen LogP contribution >= 0.6 is 0 Å². The highest BCUT2D eigenvalue weighted by Crippen LogP contribution is 2.21. The molecule has 6 heteroatoms. The molecule has 0 radical (unpaired) electrons. The van der Waals surface area contributed by atoms with E-state index in [2.05, 4.69) is 5.10 Å². The lowest BCUT2D eigenvalue weighted by Gasteiger charge is -2.07. The van der Waals surface area contributed by atoms with E-state index < -0.39 is 11.6 Å². The average Bonchev–Trinajstić information content (AvgIpc) is 2.77. The number of hydrogen-bond acceptors (Lipinski definition) is 2.